The summed E-state index contributed by atoms with van der Waals surface area (Å²) < 4.78 is 5.45. The number of rotatable bonds is 3. The highest BCUT2D eigenvalue weighted by molar-refractivity contribution is 14.2. The highest BCUT2D eigenvalue weighted by atomic mass is 127. The molecular weight excluding hydrogens is 335 g/mol. The van der Waals surface area contributed by atoms with Crippen LogP contribution < -0.4 is 0 Å². The van der Waals surface area contributed by atoms with Crippen LogP contribution in [0.3, 0.4) is 0 Å². The smallest absolute Gasteiger partial charge is 0.287 e. The van der Waals surface area contributed by atoms with E-state index in [4.69, 9.17) is 4.42 Å². The van der Waals surface area contributed by atoms with Crippen LogP contribution in [0.25, 0.3) is 11.5 Å². The van der Waals surface area contributed by atoms with E-state index in [1.165, 1.54) is 14.5 Å². The van der Waals surface area contributed by atoms with Gasteiger partial charge in [0.15, 0.2) is 0 Å². The van der Waals surface area contributed by atoms with Crippen molar-refractivity contribution in [3.05, 3.63) is 29.8 Å². The van der Waals surface area contributed by atoms with Gasteiger partial charge in [0.2, 0.25) is 5.89 Å². The molecule has 0 N–H and O–H groups in total. The molecule has 16 heavy (non-hydrogen) atoms. The average molecular weight is 346 g/mol. The minimum Gasteiger partial charge on any atom is -0.411 e. The van der Waals surface area contributed by atoms with Crippen molar-refractivity contribution in [3.8, 4) is 11.5 Å². The first-order valence-electron chi connectivity index (χ1n) is 4.93. The highest BCUT2D eigenvalue weighted by Crippen LogP contribution is 2.27. The zero-order valence-corrected chi connectivity index (χ0v) is 11.9. The molecule has 1 aromatic heterocycles. The van der Waals surface area contributed by atoms with Crippen molar-refractivity contribution < 1.29 is 4.42 Å². The molecule has 0 saturated carbocycles. The van der Waals surface area contributed by atoms with E-state index in [1.807, 2.05) is 12.1 Å². The summed E-state index contributed by atoms with van der Waals surface area (Å²) in [5.74, 6) is 1.12. The van der Waals surface area contributed by atoms with Crippen molar-refractivity contribution in [1.82, 2.24) is 10.2 Å². The van der Waals surface area contributed by atoms with Gasteiger partial charge < -0.3 is 4.42 Å². The Kier molecular flexibility index (Phi) is 3.86. The minimum atomic E-state index is 0.539. The van der Waals surface area contributed by atoms with Gasteiger partial charge in [0.1, 0.15) is 0 Å². The van der Waals surface area contributed by atoms with E-state index in [9.17, 15) is 0 Å². The lowest BCUT2D eigenvalue weighted by Gasteiger charge is -2.04. The maximum Gasteiger partial charge on any atom is 0.287 e. The number of hydrogen-bond donors (Lipinski definition) is 0. The molecule has 0 unspecified atom stereocenters. The summed E-state index contributed by atoms with van der Waals surface area (Å²) in [4.78, 5) is 0. The maximum absolute atomic E-state index is 5.45. The van der Waals surface area contributed by atoms with Crippen LogP contribution in [-0.4, -0.2) is 10.2 Å². The molecular formula is C11H11IN2OS. The third-order valence-corrected chi connectivity index (χ3v) is 3.72. The van der Waals surface area contributed by atoms with Crippen molar-refractivity contribution in [2.75, 3.05) is 0 Å². The van der Waals surface area contributed by atoms with Gasteiger partial charge in [-0.05, 0) is 23.6 Å². The third kappa shape index (κ3) is 2.57. The molecule has 0 atom stereocenters. The van der Waals surface area contributed by atoms with Gasteiger partial charge in [-0.1, -0.05) is 26.0 Å². The predicted octanol–water partition coefficient (Wildman–Crippen LogP) is 4.30. The highest BCUT2D eigenvalue weighted by Gasteiger charge is 2.08. The van der Waals surface area contributed by atoms with E-state index >= 15 is 0 Å². The lowest BCUT2D eigenvalue weighted by Crippen LogP contribution is -1.86. The van der Waals surface area contributed by atoms with E-state index in [0.29, 0.717) is 17.0 Å². The first kappa shape index (κ1) is 11.9. The monoisotopic (exact) mass is 346 g/mol. The summed E-state index contributed by atoms with van der Waals surface area (Å²) in [6, 6.07) is 8.23. The van der Waals surface area contributed by atoms with Crippen LogP contribution in [0.5, 0.6) is 0 Å². The summed E-state index contributed by atoms with van der Waals surface area (Å²) in [6.45, 7) is 4.35. The molecule has 3 nitrogen and oxygen atoms in total. The number of benzene rings is 1. The van der Waals surface area contributed by atoms with Crippen LogP contribution in [0.15, 0.2) is 33.9 Å². The first-order chi connectivity index (χ1) is 7.70. The zero-order chi connectivity index (χ0) is 11.5. The molecule has 0 aliphatic rings. The number of hydrogen-bond acceptors (Lipinski definition) is 4. The Morgan fingerprint density at radius 3 is 2.38 bits per heavy atom. The quantitative estimate of drug-likeness (QED) is 0.777. The molecule has 0 fully saturated rings. The summed E-state index contributed by atoms with van der Waals surface area (Å²) in [7, 11) is 1.42. The molecule has 0 spiro atoms. The summed E-state index contributed by atoms with van der Waals surface area (Å²) in [5, 5.41) is 8.48. The Balaban J connectivity index is 2.27. The Hall–Kier alpha value is -0.560. The number of aromatic nitrogens is 2. The van der Waals surface area contributed by atoms with Crippen molar-refractivity contribution in [2.24, 2.45) is 0 Å². The van der Waals surface area contributed by atoms with Crippen molar-refractivity contribution >= 4 is 30.1 Å². The van der Waals surface area contributed by atoms with E-state index in [-0.39, 0.29) is 0 Å². The Morgan fingerprint density at radius 2 is 1.88 bits per heavy atom. The van der Waals surface area contributed by atoms with Crippen molar-refractivity contribution in [2.45, 2.75) is 25.0 Å². The van der Waals surface area contributed by atoms with Crippen LogP contribution in [0.2, 0.25) is 0 Å². The zero-order valence-electron chi connectivity index (χ0n) is 8.98. The van der Waals surface area contributed by atoms with Gasteiger partial charge in [0.25, 0.3) is 5.22 Å². The maximum atomic E-state index is 5.45. The molecule has 0 amide bonds. The van der Waals surface area contributed by atoms with E-state index < -0.39 is 0 Å². The topological polar surface area (TPSA) is 38.9 Å². The van der Waals surface area contributed by atoms with E-state index in [2.05, 4.69) is 57.4 Å². The fraction of sp³-hybridized carbons (Fsp3) is 0.273. The average Bonchev–Trinajstić information content (AvgIpc) is 2.77. The Morgan fingerprint density at radius 1 is 1.19 bits per heavy atom. The van der Waals surface area contributed by atoms with Gasteiger partial charge in [-0.25, -0.2) is 0 Å². The van der Waals surface area contributed by atoms with Crippen molar-refractivity contribution in [3.63, 3.8) is 0 Å². The number of halogens is 1. The molecule has 1 aromatic carbocycles. The van der Waals surface area contributed by atoms with Crippen LogP contribution in [0.1, 0.15) is 25.3 Å². The summed E-state index contributed by atoms with van der Waals surface area (Å²) in [5.41, 5.74) is 2.28. The third-order valence-electron chi connectivity index (χ3n) is 2.30. The van der Waals surface area contributed by atoms with Crippen LogP contribution in [0.4, 0.5) is 0 Å². The first-order valence-corrected chi connectivity index (χ1v) is 8.29. The van der Waals surface area contributed by atoms with E-state index in [0.717, 1.165) is 5.56 Å². The molecule has 0 radical (unpaired) electrons. The summed E-state index contributed by atoms with van der Waals surface area (Å²) >= 11 is 2.12. The van der Waals surface area contributed by atoms with Gasteiger partial charge in [0.05, 0.1) is 0 Å². The van der Waals surface area contributed by atoms with Crippen molar-refractivity contribution in [1.29, 1.82) is 0 Å². The molecule has 1 heterocycles. The Bertz CT molecular complexity index is 467. The predicted molar refractivity (Wildman–Crippen MR) is 73.7 cm³/mol. The summed E-state index contributed by atoms with van der Waals surface area (Å²) in [6.07, 6.45) is 0. The van der Waals surface area contributed by atoms with Gasteiger partial charge in [-0.3, -0.25) is 0 Å². The fourth-order valence-corrected chi connectivity index (χ4v) is 2.08. The second kappa shape index (κ2) is 5.18. The molecule has 0 aliphatic heterocycles. The van der Waals surface area contributed by atoms with Crippen LogP contribution in [-0.2, 0) is 0 Å². The molecule has 5 heteroatoms. The molecule has 84 valence electrons. The van der Waals surface area contributed by atoms with Gasteiger partial charge in [-0.15, -0.1) is 10.2 Å². The van der Waals surface area contributed by atoms with Crippen LogP contribution >= 0.6 is 30.1 Å². The molecule has 0 bridgehead atoms. The molecule has 0 aliphatic carbocycles. The van der Waals surface area contributed by atoms with Gasteiger partial charge in [0, 0.05) is 35.7 Å². The minimum absolute atomic E-state index is 0.539. The van der Waals surface area contributed by atoms with Crippen LogP contribution in [0, 0.1) is 0 Å². The second-order valence-electron chi connectivity index (χ2n) is 3.73. The lowest BCUT2D eigenvalue weighted by molar-refractivity contribution is 0.468. The normalized spacial score (nSPS) is 11.0. The largest absolute Gasteiger partial charge is 0.411 e. The molecule has 2 aromatic rings. The lowest BCUT2D eigenvalue weighted by atomic mass is 10.0. The second-order valence-corrected chi connectivity index (χ2v) is 5.55. The Labute approximate surface area is 111 Å². The van der Waals surface area contributed by atoms with E-state index in [1.54, 1.807) is 0 Å². The number of nitrogens with zero attached hydrogens (tertiary/aromatic N) is 2. The standard InChI is InChI=1S/C11H11IN2OS/c1-7(2)8-3-5-9(6-4-8)10-13-14-11(15-10)16-12/h3-7H,1-2H3. The molecule has 2 rings (SSSR count). The van der Waals surface area contributed by atoms with Gasteiger partial charge >= 0.3 is 0 Å². The van der Waals surface area contributed by atoms with Gasteiger partial charge in [-0.2, -0.15) is 0 Å². The SMILES string of the molecule is CC(C)c1ccc(-c2nnc(SI)o2)cc1. The molecule has 0 saturated heterocycles. The fourth-order valence-electron chi connectivity index (χ4n) is 1.37.